The molecule has 0 radical (unpaired) electrons. The van der Waals surface area contributed by atoms with Gasteiger partial charge in [0.05, 0.1) is 12.1 Å². The molecule has 3 nitrogen and oxygen atoms in total. The van der Waals surface area contributed by atoms with E-state index in [4.69, 9.17) is 5.73 Å². The Balaban J connectivity index is 2.14. The largest absolute Gasteiger partial charge is 0.339 e. The third kappa shape index (κ3) is 4.05. The molecular formula is C17H21FN2O. The van der Waals surface area contributed by atoms with Crippen molar-refractivity contribution in [2.24, 2.45) is 11.7 Å². The maximum absolute atomic E-state index is 13.9. The van der Waals surface area contributed by atoms with Crippen LogP contribution in [0.2, 0.25) is 0 Å². The molecule has 0 saturated carbocycles. The molecule has 1 heterocycles. The summed E-state index contributed by atoms with van der Waals surface area (Å²) in [7, 11) is 0. The highest BCUT2D eigenvalue weighted by Gasteiger charge is 2.20. The highest BCUT2D eigenvalue weighted by Crippen LogP contribution is 2.19. The molecule has 0 aromatic heterocycles. The fourth-order valence-electron chi connectivity index (χ4n) is 2.54. The Kier molecular flexibility index (Phi) is 5.35. The maximum atomic E-state index is 13.9. The molecule has 1 aliphatic rings. The molecule has 21 heavy (non-hydrogen) atoms. The lowest BCUT2D eigenvalue weighted by Crippen LogP contribution is -2.32. The number of hydrogen-bond donors (Lipinski definition) is 1. The molecule has 1 atom stereocenters. The van der Waals surface area contributed by atoms with Crippen LogP contribution in [0.5, 0.6) is 0 Å². The van der Waals surface area contributed by atoms with Crippen LogP contribution in [-0.4, -0.2) is 30.4 Å². The van der Waals surface area contributed by atoms with Gasteiger partial charge in [-0.3, -0.25) is 4.79 Å². The van der Waals surface area contributed by atoms with Gasteiger partial charge in [0.1, 0.15) is 5.82 Å². The van der Waals surface area contributed by atoms with Crippen LogP contribution in [0, 0.1) is 23.6 Å². The molecule has 0 spiro atoms. The van der Waals surface area contributed by atoms with Gasteiger partial charge in [0.15, 0.2) is 0 Å². The van der Waals surface area contributed by atoms with Gasteiger partial charge in [0.2, 0.25) is 0 Å². The van der Waals surface area contributed by atoms with E-state index >= 15 is 0 Å². The van der Waals surface area contributed by atoms with E-state index in [9.17, 15) is 9.18 Å². The monoisotopic (exact) mass is 288 g/mol. The highest BCUT2D eigenvalue weighted by molar-refractivity contribution is 5.94. The van der Waals surface area contributed by atoms with Crippen LogP contribution in [0.1, 0.15) is 42.1 Å². The molecule has 0 bridgehead atoms. The van der Waals surface area contributed by atoms with Crippen molar-refractivity contribution in [1.29, 1.82) is 0 Å². The van der Waals surface area contributed by atoms with Gasteiger partial charge in [-0.2, -0.15) is 0 Å². The summed E-state index contributed by atoms with van der Waals surface area (Å²) in [5, 5.41) is 0. The van der Waals surface area contributed by atoms with Gasteiger partial charge in [-0.25, -0.2) is 4.39 Å². The lowest BCUT2D eigenvalue weighted by Gasteiger charge is -2.20. The van der Waals surface area contributed by atoms with Crippen LogP contribution in [0.3, 0.4) is 0 Å². The minimum atomic E-state index is -0.468. The second-order valence-corrected chi connectivity index (χ2v) is 5.53. The first-order valence-corrected chi connectivity index (χ1v) is 7.39. The number of halogens is 1. The zero-order valence-corrected chi connectivity index (χ0v) is 12.4. The molecule has 4 heteroatoms. The molecule has 1 fully saturated rings. The van der Waals surface area contributed by atoms with E-state index < -0.39 is 5.82 Å². The number of hydrogen-bond acceptors (Lipinski definition) is 2. The first-order valence-electron chi connectivity index (χ1n) is 7.39. The standard InChI is InChI=1S/C17H21FN2O/c1-13-4-3-10-20(11-8-13)17(21)15-7-6-14(5-2-9-19)16(18)12-15/h6-7,12-13H,3-4,8-11,19H2,1H3. The topological polar surface area (TPSA) is 46.3 Å². The molecular weight excluding hydrogens is 267 g/mol. The smallest absolute Gasteiger partial charge is 0.253 e. The van der Waals surface area contributed by atoms with Gasteiger partial charge in [0, 0.05) is 18.7 Å². The summed E-state index contributed by atoms with van der Waals surface area (Å²) in [5.74, 6) is 5.36. The van der Waals surface area contributed by atoms with E-state index in [0.29, 0.717) is 11.5 Å². The second-order valence-electron chi connectivity index (χ2n) is 5.53. The maximum Gasteiger partial charge on any atom is 0.253 e. The lowest BCUT2D eigenvalue weighted by molar-refractivity contribution is 0.0760. The molecule has 0 aliphatic carbocycles. The molecule has 1 amide bonds. The molecule has 1 saturated heterocycles. The average Bonchev–Trinajstić information content (AvgIpc) is 2.70. The van der Waals surface area contributed by atoms with Gasteiger partial charge in [0.25, 0.3) is 5.91 Å². The lowest BCUT2D eigenvalue weighted by atomic mass is 10.0. The molecule has 112 valence electrons. The van der Waals surface area contributed by atoms with Crippen molar-refractivity contribution in [3.63, 3.8) is 0 Å². The number of nitrogens with zero attached hydrogens (tertiary/aromatic N) is 1. The third-order valence-corrected chi connectivity index (χ3v) is 3.85. The Morgan fingerprint density at radius 2 is 2.24 bits per heavy atom. The Morgan fingerprint density at radius 3 is 2.95 bits per heavy atom. The Bertz CT molecular complexity index is 574. The molecule has 1 aromatic rings. The van der Waals surface area contributed by atoms with E-state index in [2.05, 4.69) is 18.8 Å². The minimum absolute atomic E-state index is 0.0960. The van der Waals surface area contributed by atoms with E-state index in [0.717, 1.165) is 32.4 Å². The van der Waals surface area contributed by atoms with E-state index in [1.54, 1.807) is 12.1 Å². The number of nitrogens with two attached hydrogens (primary N) is 1. The van der Waals surface area contributed by atoms with Gasteiger partial charge in [-0.05, 0) is 43.4 Å². The molecule has 1 unspecified atom stereocenters. The van der Waals surface area contributed by atoms with Crippen LogP contribution in [0.15, 0.2) is 18.2 Å². The first-order chi connectivity index (χ1) is 10.1. The Morgan fingerprint density at radius 1 is 1.43 bits per heavy atom. The third-order valence-electron chi connectivity index (χ3n) is 3.85. The van der Waals surface area contributed by atoms with Crippen LogP contribution < -0.4 is 5.73 Å². The van der Waals surface area contributed by atoms with Crippen molar-refractivity contribution in [2.45, 2.75) is 26.2 Å². The van der Waals surface area contributed by atoms with Gasteiger partial charge in [-0.15, -0.1) is 0 Å². The van der Waals surface area contributed by atoms with Crippen LogP contribution in [0.4, 0.5) is 4.39 Å². The van der Waals surface area contributed by atoms with Crippen molar-refractivity contribution < 1.29 is 9.18 Å². The number of carbonyl (C=O) groups excluding carboxylic acids is 1. The summed E-state index contributed by atoms with van der Waals surface area (Å²) in [4.78, 5) is 14.3. The van der Waals surface area contributed by atoms with Gasteiger partial charge < -0.3 is 10.6 Å². The fraction of sp³-hybridized carbons (Fsp3) is 0.471. The predicted octanol–water partition coefficient (Wildman–Crippen LogP) is 2.40. The SMILES string of the molecule is CC1CCCN(C(=O)c2ccc(C#CCN)c(F)c2)CC1. The molecule has 2 N–H and O–H groups in total. The first kappa shape index (κ1) is 15.5. The summed E-state index contributed by atoms with van der Waals surface area (Å²) in [6.45, 7) is 3.89. The van der Waals surface area contributed by atoms with E-state index in [1.807, 2.05) is 4.90 Å². The summed E-state index contributed by atoms with van der Waals surface area (Å²) in [6.07, 6.45) is 3.16. The Labute approximate surface area is 125 Å². The Hall–Kier alpha value is -1.86. The molecule has 2 rings (SSSR count). The highest BCUT2D eigenvalue weighted by atomic mass is 19.1. The van der Waals surface area contributed by atoms with E-state index in [-0.39, 0.29) is 18.0 Å². The molecule has 1 aliphatic heterocycles. The van der Waals surface area contributed by atoms with Crippen molar-refractivity contribution in [3.8, 4) is 11.8 Å². The minimum Gasteiger partial charge on any atom is -0.339 e. The zero-order chi connectivity index (χ0) is 15.2. The summed E-state index contributed by atoms with van der Waals surface area (Å²) >= 11 is 0. The summed E-state index contributed by atoms with van der Waals surface area (Å²) in [6, 6.07) is 4.46. The fourth-order valence-corrected chi connectivity index (χ4v) is 2.54. The summed E-state index contributed by atoms with van der Waals surface area (Å²) in [5.41, 5.74) is 5.94. The number of likely N-dealkylation sites (tertiary alicyclic amines) is 1. The quantitative estimate of drug-likeness (QED) is 0.807. The number of carbonyl (C=O) groups is 1. The van der Waals surface area contributed by atoms with Gasteiger partial charge >= 0.3 is 0 Å². The van der Waals surface area contributed by atoms with Crippen molar-refractivity contribution in [3.05, 3.63) is 35.1 Å². The zero-order valence-electron chi connectivity index (χ0n) is 12.4. The summed E-state index contributed by atoms with van der Waals surface area (Å²) < 4.78 is 13.9. The van der Waals surface area contributed by atoms with Crippen molar-refractivity contribution in [1.82, 2.24) is 4.90 Å². The van der Waals surface area contributed by atoms with Crippen molar-refractivity contribution >= 4 is 5.91 Å². The number of amides is 1. The number of rotatable bonds is 1. The normalized spacial score (nSPS) is 18.6. The predicted molar refractivity (Wildman–Crippen MR) is 81.3 cm³/mol. The van der Waals surface area contributed by atoms with E-state index in [1.165, 1.54) is 6.07 Å². The van der Waals surface area contributed by atoms with Gasteiger partial charge in [-0.1, -0.05) is 18.8 Å². The van der Waals surface area contributed by atoms with Crippen LogP contribution in [0.25, 0.3) is 0 Å². The second kappa shape index (κ2) is 7.24. The number of benzene rings is 1. The van der Waals surface area contributed by atoms with Crippen molar-refractivity contribution in [2.75, 3.05) is 19.6 Å². The van der Waals surface area contributed by atoms with Crippen LogP contribution in [-0.2, 0) is 0 Å². The molecule has 1 aromatic carbocycles. The average molecular weight is 288 g/mol. The van der Waals surface area contributed by atoms with Crippen LogP contribution >= 0.6 is 0 Å².